The van der Waals surface area contributed by atoms with E-state index in [1.807, 2.05) is 30.3 Å². The minimum Gasteiger partial charge on any atom is -0.319 e. The predicted molar refractivity (Wildman–Crippen MR) is 87.2 cm³/mol. The van der Waals surface area contributed by atoms with Gasteiger partial charge < -0.3 is 4.98 Å². The molecule has 0 saturated carbocycles. The van der Waals surface area contributed by atoms with Gasteiger partial charge in [0.2, 0.25) is 0 Å². The molecular weight excluding hydrogens is 260 g/mol. The molecule has 2 aromatic carbocycles. The quantitative estimate of drug-likeness (QED) is 0.775. The Labute approximate surface area is 123 Å². The number of nitrogens with zero attached hydrogens (tertiary/aromatic N) is 1. The van der Waals surface area contributed by atoms with Crippen molar-refractivity contribution in [3.05, 3.63) is 75.2 Å². The number of nitrogens with one attached hydrogen (secondary N) is 1. The minimum absolute atomic E-state index is 0.172. The molecule has 0 radical (unpaired) electrons. The highest BCUT2D eigenvalue weighted by Crippen LogP contribution is 2.13. The molecule has 21 heavy (non-hydrogen) atoms. The zero-order valence-corrected chi connectivity index (χ0v) is 12.1. The lowest BCUT2D eigenvalue weighted by atomic mass is 10.1. The lowest BCUT2D eigenvalue weighted by Crippen LogP contribution is -2.11. The van der Waals surface area contributed by atoms with Crippen LogP contribution in [-0.2, 0) is 0 Å². The summed E-state index contributed by atoms with van der Waals surface area (Å²) < 4.78 is 0. The van der Waals surface area contributed by atoms with Crippen LogP contribution in [0, 0.1) is 13.8 Å². The van der Waals surface area contributed by atoms with Crippen LogP contribution in [0.5, 0.6) is 0 Å². The van der Waals surface area contributed by atoms with Crippen molar-refractivity contribution in [2.75, 3.05) is 0 Å². The Morgan fingerprint density at radius 3 is 2.67 bits per heavy atom. The largest absolute Gasteiger partial charge is 0.319 e. The Hall–Kier alpha value is -2.68. The average molecular weight is 276 g/mol. The third-order valence-electron chi connectivity index (χ3n) is 3.47. The Morgan fingerprint density at radius 1 is 1.05 bits per heavy atom. The van der Waals surface area contributed by atoms with Gasteiger partial charge >= 0.3 is 0 Å². The van der Waals surface area contributed by atoms with Crippen LogP contribution in [0.1, 0.15) is 22.4 Å². The molecule has 0 unspecified atom stereocenters. The summed E-state index contributed by atoms with van der Waals surface area (Å²) in [5.74, 6) is 0. The molecule has 3 aromatic rings. The second-order valence-electron chi connectivity index (χ2n) is 5.16. The van der Waals surface area contributed by atoms with Crippen molar-refractivity contribution in [3.8, 4) is 0 Å². The first-order valence-electron chi connectivity index (χ1n) is 6.88. The van der Waals surface area contributed by atoms with Gasteiger partial charge in [-0.2, -0.15) is 0 Å². The van der Waals surface area contributed by atoms with Gasteiger partial charge in [0.05, 0.1) is 11.0 Å². The van der Waals surface area contributed by atoms with Crippen molar-refractivity contribution in [2.24, 2.45) is 0 Å². The first-order valence-corrected chi connectivity index (χ1v) is 6.88. The zero-order valence-electron chi connectivity index (χ0n) is 12.1. The molecule has 3 heteroatoms. The smallest absolute Gasteiger partial charge is 0.274 e. The fourth-order valence-electron chi connectivity index (χ4n) is 2.34. The predicted octanol–water partition coefficient (Wildman–Crippen LogP) is 3.71. The average Bonchev–Trinajstić information content (AvgIpc) is 2.46. The number of para-hydroxylation sites is 2. The van der Waals surface area contributed by atoms with E-state index in [0.717, 1.165) is 16.6 Å². The second-order valence-corrected chi connectivity index (χ2v) is 5.16. The van der Waals surface area contributed by atoms with Crippen LogP contribution in [-0.4, -0.2) is 9.97 Å². The topological polar surface area (TPSA) is 45.8 Å². The molecule has 1 heterocycles. The normalized spacial score (nSPS) is 11.3. The summed E-state index contributed by atoms with van der Waals surface area (Å²) in [5.41, 5.74) is 5.30. The van der Waals surface area contributed by atoms with Gasteiger partial charge in [-0.1, -0.05) is 42.0 Å². The van der Waals surface area contributed by atoms with Gasteiger partial charge in [-0.05, 0) is 43.2 Å². The van der Waals surface area contributed by atoms with Gasteiger partial charge in [0, 0.05) is 0 Å². The zero-order chi connectivity index (χ0) is 14.8. The summed E-state index contributed by atoms with van der Waals surface area (Å²) in [6, 6.07) is 13.8. The number of fused-ring (bicyclic) bond motifs is 1. The van der Waals surface area contributed by atoms with E-state index in [0.29, 0.717) is 5.69 Å². The number of aryl methyl sites for hydroxylation is 2. The van der Waals surface area contributed by atoms with Crippen LogP contribution < -0.4 is 5.56 Å². The minimum atomic E-state index is -0.172. The van der Waals surface area contributed by atoms with E-state index < -0.39 is 0 Å². The van der Waals surface area contributed by atoms with Gasteiger partial charge in [-0.3, -0.25) is 4.79 Å². The van der Waals surface area contributed by atoms with Crippen molar-refractivity contribution >= 4 is 23.2 Å². The third-order valence-corrected chi connectivity index (χ3v) is 3.47. The first-order chi connectivity index (χ1) is 10.1. The van der Waals surface area contributed by atoms with Crippen molar-refractivity contribution < 1.29 is 0 Å². The Bertz CT molecular complexity index is 891. The molecule has 1 aromatic heterocycles. The van der Waals surface area contributed by atoms with Gasteiger partial charge in [-0.15, -0.1) is 0 Å². The molecular formula is C18H16N2O. The van der Waals surface area contributed by atoms with Crippen LogP contribution in [0.15, 0.2) is 47.3 Å². The molecule has 0 bridgehead atoms. The number of aromatic nitrogens is 2. The molecule has 0 aliphatic carbocycles. The van der Waals surface area contributed by atoms with E-state index in [-0.39, 0.29) is 5.56 Å². The molecule has 0 aliphatic heterocycles. The standard InChI is InChI=1S/C18H16N2O/c1-12-7-8-14(13(2)11-12)9-10-17-18(21)20-16-6-4-3-5-15(16)19-17/h3-11H,1-2H3,(H,20,21)/b10-9+. The summed E-state index contributed by atoms with van der Waals surface area (Å²) in [7, 11) is 0. The second kappa shape index (κ2) is 5.37. The van der Waals surface area contributed by atoms with Crippen LogP contribution in [0.25, 0.3) is 23.2 Å². The van der Waals surface area contributed by atoms with E-state index in [1.54, 1.807) is 6.08 Å². The lowest BCUT2D eigenvalue weighted by Gasteiger charge is -2.02. The molecule has 0 aliphatic rings. The van der Waals surface area contributed by atoms with Gasteiger partial charge in [0.15, 0.2) is 0 Å². The molecule has 0 amide bonds. The van der Waals surface area contributed by atoms with Crippen molar-refractivity contribution in [3.63, 3.8) is 0 Å². The molecule has 3 nitrogen and oxygen atoms in total. The molecule has 0 fully saturated rings. The SMILES string of the molecule is Cc1ccc(/C=C/c2nc3ccccc3[nH]c2=O)c(C)c1. The molecule has 0 spiro atoms. The number of H-pyrrole nitrogens is 1. The van der Waals surface area contributed by atoms with Gasteiger partial charge in [0.25, 0.3) is 5.56 Å². The molecule has 1 N–H and O–H groups in total. The van der Waals surface area contributed by atoms with Gasteiger partial charge in [0.1, 0.15) is 5.69 Å². The number of hydrogen-bond donors (Lipinski definition) is 1. The molecule has 104 valence electrons. The fourth-order valence-corrected chi connectivity index (χ4v) is 2.34. The molecule has 0 atom stereocenters. The summed E-state index contributed by atoms with van der Waals surface area (Å²) in [4.78, 5) is 19.3. The number of rotatable bonds is 2. The Balaban J connectivity index is 2.03. The van der Waals surface area contributed by atoms with E-state index in [1.165, 1.54) is 11.1 Å². The van der Waals surface area contributed by atoms with Crippen LogP contribution >= 0.6 is 0 Å². The summed E-state index contributed by atoms with van der Waals surface area (Å²) in [5, 5.41) is 0. The Morgan fingerprint density at radius 2 is 1.86 bits per heavy atom. The summed E-state index contributed by atoms with van der Waals surface area (Å²) in [6.45, 7) is 4.13. The number of benzene rings is 2. The van der Waals surface area contributed by atoms with Gasteiger partial charge in [-0.25, -0.2) is 4.98 Å². The summed E-state index contributed by atoms with van der Waals surface area (Å²) in [6.07, 6.45) is 3.70. The van der Waals surface area contributed by atoms with E-state index in [4.69, 9.17) is 0 Å². The van der Waals surface area contributed by atoms with E-state index in [2.05, 4.69) is 42.0 Å². The lowest BCUT2D eigenvalue weighted by molar-refractivity contribution is 1.19. The van der Waals surface area contributed by atoms with Crippen molar-refractivity contribution in [1.29, 1.82) is 0 Å². The Kier molecular flexibility index (Phi) is 3.40. The number of hydrogen-bond acceptors (Lipinski definition) is 2. The fraction of sp³-hybridized carbons (Fsp3) is 0.111. The summed E-state index contributed by atoms with van der Waals surface area (Å²) >= 11 is 0. The molecule has 3 rings (SSSR count). The maximum Gasteiger partial charge on any atom is 0.274 e. The first kappa shape index (κ1) is 13.3. The van der Waals surface area contributed by atoms with Crippen LogP contribution in [0.2, 0.25) is 0 Å². The monoisotopic (exact) mass is 276 g/mol. The van der Waals surface area contributed by atoms with E-state index in [9.17, 15) is 4.79 Å². The highest BCUT2D eigenvalue weighted by Gasteiger charge is 2.01. The van der Waals surface area contributed by atoms with E-state index >= 15 is 0 Å². The third kappa shape index (κ3) is 2.77. The number of aromatic amines is 1. The maximum absolute atomic E-state index is 12.0. The molecule has 0 saturated heterocycles. The van der Waals surface area contributed by atoms with Crippen molar-refractivity contribution in [2.45, 2.75) is 13.8 Å². The van der Waals surface area contributed by atoms with Crippen LogP contribution in [0.3, 0.4) is 0 Å². The maximum atomic E-state index is 12.0. The highest BCUT2D eigenvalue weighted by atomic mass is 16.1. The van der Waals surface area contributed by atoms with Crippen molar-refractivity contribution in [1.82, 2.24) is 9.97 Å². The highest BCUT2D eigenvalue weighted by molar-refractivity contribution is 5.77. The van der Waals surface area contributed by atoms with Crippen LogP contribution in [0.4, 0.5) is 0 Å².